The number of para-hydroxylation sites is 1. The Bertz CT molecular complexity index is 790. The van der Waals surface area contributed by atoms with Gasteiger partial charge in [-0.25, -0.2) is 4.98 Å². The van der Waals surface area contributed by atoms with Crippen LogP contribution < -0.4 is 10.5 Å². The van der Waals surface area contributed by atoms with Crippen molar-refractivity contribution in [3.8, 4) is 0 Å². The first kappa shape index (κ1) is 14.7. The number of aromatic nitrogens is 2. The van der Waals surface area contributed by atoms with Crippen LogP contribution in [-0.2, 0) is 4.74 Å². The van der Waals surface area contributed by atoms with Crippen molar-refractivity contribution in [2.24, 2.45) is 0 Å². The molecule has 122 valence electrons. The van der Waals surface area contributed by atoms with E-state index < -0.39 is 0 Å². The zero-order valence-electron chi connectivity index (χ0n) is 13.8. The van der Waals surface area contributed by atoms with Gasteiger partial charge in [0.05, 0.1) is 22.1 Å². The predicted octanol–water partition coefficient (Wildman–Crippen LogP) is 2.85. The minimum atomic E-state index is -0.243. The number of anilines is 1. The molecule has 1 aliphatic heterocycles. The first-order valence-corrected chi connectivity index (χ1v) is 8.41. The molecule has 0 atom stereocenters. The van der Waals surface area contributed by atoms with Crippen LogP contribution in [0.3, 0.4) is 0 Å². The fraction of sp³-hybridized carbons (Fsp3) is 0.556. The summed E-state index contributed by atoms with van der Waals surface area (Å²) in [4.78, 5) is 22.2. The van der Waals surface area contributed by atoms with E-state index in [1.807, 2.05) is 24.3 Å². The third-order valence-corrected chi connectivity index (χ3v) is 4.96. The molecule has 1 saturated heterocycles. The van der Waals surface area contributed by atoms with Crippen LogP contribution >= 0.6 is 0 Å². The Morgan fingerprint density at radius 1 is 1.17 bits per heavy atom. The molecule has 2 fully saturated rings. The maximum atomic E-state index is 12.4. The molecule has 5 nitrogen and oxygen atoms in total. The molecule has 4 rings (SSSR count). The van der Waals surface area contributed by atoms with Crippen LogP contribution in [-0.4, -0.2) is 34.3 Å². The van der Waals surface area contributed by atoms with E-state index in [0.29, 0.717) is 11.3 Å². The third-order valence-electron chi connectivity index (χ3n) is 4.96. The van der Waals surface area contributed by atoms with Crippen LogP contribution in [0.5, 0.6) is 0 Å². The number of hydrogen-bond acceptors (Lipinski definition) is 4. The molecule has 0 radical (unpaired) electrons. The summed E-state index contributed by atoms with van der Waals surface area (Å²) in [5.41, 5.74) is 0.338. The van der Waals surface area contributed by atoms with Crippen molar-refractivity contribution >= 4 is 16.9 Å². The number of ether oxygens (including phenoxy) is 1. The number of fused-ring (bicyclic) bond motifs is 1. The number of morpholine rings is 1. The maximum absolute atomic E-state index is 12.4. The minimum Gasteiger partial charge on any atom is -0.365 e. The number of nitrogens with zero attached hydrogens (tertiary/aromatic N) is 2. The van der Waals surface area contributed by atoms with Crippen molar-refractivity contribution in [3.05, 3.63) is 34.6 Å². The number of rotatable bonds is 1. The van der Waals surface area contributed by atoms with Gasteiger partial charge in [0, 0.05) is 13.1 Å². The quantitative estimate of drug-likeness (QED) is 0.879. The number of aromatic amines is 1. The minimum absolute atomic E-state index is 0.0737. The lowest BCUT2D eigenvalue weighted by Crippen LogP contribution is -2.59. The zero-order valence-corrected chi connectivity index (χ0v) is 13.8. The molecule has 1 aromatic carbocycles. The second-order valence-electron chi connectivity index (χ2n) is 7.51. The van der Waals surface area contributed by atoms with Gasteiger partial charge in [-0.15, -0.1) is 0 Å². The lowest BCUT2D eigenvalue weighted by atomic mass is 9.94. The SMILES string of the molecule is CC1(C)CN(c2nc3ccccc3c(=O)[nH]2)CC2(CCCC2)O1. The van der Waals surface area contributed by atoms with Crippen LogP contribution in [0.4, 0.5) is 5.95 Å². The van der Waals surface area contributed by atoms with Gasteiger partial charge in [-0.05, 0) is 38.8 Å². The summed E-state index contributed by atoms with van der Waals surface area (Å²) in [5, 5.41) is 0.638. The molecule has 1 N–H and O–H groups in total. The van der Waals surface area contributed by atoms with E-state index in [-0.39, 0.29) is 16.8 Å². The number of hydrogen-bond donors (Lipinski definition) is 1. The highest BCUT2D eigenvalue weighted by atomic mass is 16.5. The third kappa shape index (κ3) is 2.63. The standard InChI is InChI=1S/C18H23N3O2/c1-17(2)11-21(12-18(23-17)9-5-6-10-18)16-19-14-8-4-3-7-13(14)15(22)20-16/h3-4,7-8H,5-6,9-12H2,1-2H3,(H,19,20,22). The van der Waals surface area contributed by atoms with E-state index in [1.54, 1.807) is 0 Å². The van der Waals surface area contributed by atoms with Gasteiger partial charge >= 0.3 is 0 Å². The van der Waals surface area contributed by atoms with Crippen LogP contribution in [0.25, 0.3) is 10.9 Å². The maximum Gasteiger partial charge on any atom is 0.260 e. The monoisotopic (exact) mass is 313 g/mol. The molecule has 0 amide bonds. The molecule has 2 aromatic rings. The summed E-state index contributed by atoms with van der Waals surface area (Å²) in [5.74, 6) is 0.663. The summed E-state index contributed by atoms with van der Waals surface area (Å²) in [7, 11) is 0. The number of nitrogens with one attached hydrogen (secondary N) is 1. The molecule has 23 heavy (non-hydrogen) atoms. The molecule has 1 aliphatic carbocycles. The molecular formula is C18H23N3O2. The second-order valence-corrected chi connectivity index (χ2v) is 7.51. The molecule has 1 saturated carbocycles. The molecule has 1 spiro atoms. The Kier molecular flexibility index (Phi) is 3.23. The van der Waals surface area contributed by atoms with E-state index in [0.717, 1.165) is 31.4 Å². The molecule has 0 unspecified atom stereocenters. The second kappa shape index (κ2) is 5.06. The van der Waals surface area contributed by atoms with Gasteiger partial charge in [-0.2, -0.15) is 0 Å². The van der Waals surface area contributed by atoms with E-state index in [2.05, 4.69) is 23.7 Å². The van der Waals surface area contributed by atoms with Crippen LogP contribution in [0.1, 0.15) is 39.5 Å². The van der Waals surface area contributed by atoms with E-state index in [1.165, 1.54) is 12.8 Å². The molecule has 5 heteroatoms. The van der Waals surface area contributed by atoms with Gasteiger partial charge < -0.3 is 9.64 Å². The molecule has 0 bridgehead atoms. The van der Waals surface area contributed by atoms with E-state index in [9.17, 15) is 4.79 Å². The summed E-state index contributed by atoms with van der Waals surface area (Å²) < 4.78 is 6.43. The van der Waals surface area contributed by atoms with Gasteiger partial charge in [0.15, 0.2) is 0 Å². The van der Waals surface area contributed by atoms with Gasteiger partial charge in [0.1, 0.15) is 0 Å². The van der Waals surface area contributed by atoms with Gasteiger partial charge in [-0.3, -0.25) is 9.78 Å². The fourth-order valence-corrected chi connectivity index (χ4v) is 4.17. The molecule has 1 aromatic heterocycles. The van der Waals surface area contributed by atoms with Crippen LogP contribution in [0.15, 0.2) is 29.1 Å². The fourth-order valence-electron chi connectivity index (χ4n) is 4.17. The lowest BCUT2D eigenvalue weighted by Gasteiger charge is -2.49. The largest absolute Gasteiger partial charge is 0.365 e. The van der Waals surface area contributed by atoms with Crippen molar-refractivity contribution < 1.29 is 4.74 Å². The Labute approximate surface area is 135 Å². The van der Waals surface area contributed by atoms with Crippen molar-refractivity contribution in [2.45, 2.75) is 50.7 Å². The van der Waals surface area contributed by atoms with Crippen LogP contribution in [0.2, 0.25) is 0 Å². The average Bonchev–Trinajstić information content (AvgIpc) is 2.92. The van der Waals surface area contributed by atoms with E-state index >= 15 is 0 Å². The summed E-state index contributed by atoms with van der Waals surface area (Å²) >= 11 is 0. The molecule has 2 heterocycles. The molecule has 2 aliphatic rings. The Balaban J connectivity index is 1.75. The van der Waals surface area contributed by atoms with Crippen molar-refractivity contribution in [2.75, 3.05) is 18.0 Å². The van der Waals surface area contributed by atoms with E-state index in [4.69, 9.17) is 9.72 Å². The topological polar surface area (TPSA) is 58.2 Å². The number of H-pyrrole nitrogens is 1. The summed E-state index contributed by atoms with van der Waals surface area (Å²) in [6.45, 7) is 5.78. The summed E-state index contributed by atoms with van der Waals surface area (Å²) in [6, 6.07) is 7.49. The van der Waals surface area contributed by atoms with Crippen molar-refractivity contribution in [1.29, 1.82) is 0 Å². The zero-order chi connectivity index (χ0) is 16.1. The van der Waals surface area contributed by atoms with Crippen molar-refractivity contribution in [1.82, 2.24) is 9.97 Å². The first-order chi connectivity index (χ1) is 11.0. The summed E-state index contributed by atoms with van der Waals surface area (Å²) in [6.07, 6.45) is 4.60. The Morgan fingerprint density at radius 2 is 1.91 bits per heavy atom. The highest BCUT2D eigenvalue weighted by molar-refractivity contribution is 5.78. The normalized spacial score (nSPS) is 22.8. The Hall–Kier alpha value is -1.88. The predicted molar refractivity (Wildman–Crippen MR) is 90.9 cm³/mol. The first-order valence-electron chi connectivity index (χ1n) is 8.41. The smallest absolute Gasteiger partial charge is 0.260 e. The average molecular weight is 313 g/mol. The highest BCUT2D eigenvalue weighted by Crippen LogP contribution is 2.41. The van der Waals surface area contributed by atoms with Gasteiger partial charge in [-0.1, -0.05) is 25.0 Å². The molecular weight excluding hydrogens is 290 g/mol. The highest BCUT2D eigenvalue weighted by Gasteiger charge is 2.46. The van der Waals surface area contributed by atoms with Gasteiger partial charge in [0.25, 0.3) is 5.56 Å². The van der Waals surface area contributed by atoms with Crippen LogP contribution in [0, 0.1) is 0 Å². The number of benzene rings is 1. The Morgan fingerprint density at radius 3 is 2.70 bits per heavy atom. The lowest BCUT2D eigenvalue weighted by molar-refractivity contribution is -0.148. The van der Waals surface area contributed by atoms with Crippen molar-refractivity contribution in [3.63, 3.8) is 0 Å². The van der Waals surface area contributed by atoms with Gasteiger partial charge in [0.2, 0.25) is 5.95 Å².